The summed E-state index contributed by atoms with van der Waals surface area (Å²) in [5.41, 5.74) is 7.14. The number of carbonyl (C=O) groups excluding carboxylic acids is 1. The van der Waals surface area contributed by atoms with Crippen LogP contribution in [0.25, 0.3) is 0 Å². The Morgan fingerprint density at radius 3 is 2.50 bits per heavy atom. The number of benzene rings is 1. The Bertz CT molecular complexity index is 598. The van der Waals surface area contributed by atoms with E-state index < -0.39 is 5.54 Å². The highest BCUT2D eigenvalue weighted by atomic mass is 35.5. The minimum absolute atomic E-state index is 0. The highest BCUT2D eigenvalue weighted by molar-refractivity contribution is 6.30. The lowest BCUT2D eigenvalue weighted by Crippen LogP contribution is -2.54. The summed E-state index contributed by atoms with van der Waals surface area (Å²) in [4.78, 5) is 12.8. The van der Waals surface area contributed by atoms with E-state index >= 15 is 0 Å². The third-order valence-electron chi connectivity index (χ3n) is 6.08. The Kier molecular flexibility index (Phi) is 7.37. The second-order valence-corrected chi connectivity index (χ2v) is 8.36. The fraction of sp³-hybridized carbons (Fsp3) is 0.650. The van der Waals surface area contributed by atoms with Crippen LogP contribution in [0.15, 0.2) is 24.3 Å². The lowest BCUT2D eigenvalue weighted by Gasteiger charge is -2.40. The van der Waals surface area contributed by atoms with Gasteiger partial charge in [-0.15, -0.1) is 12.4 Å². The summed E-state index contributed by atoms with van der Waals surface area (Å²) in [7, 11) is 0. The molecule has 4 nitrogen and oxygen atoms in total. The molecule has 1 aliphatic heterocycles. The van der Waals surface area contributed by atoms with Gasteiger partial charge in [0.1, 0.15) is 0 Å². The molecule has 0 bridgehead atoms. The molecule has 2 atom stereocenters. The normalized spacial score (nSPS) is 28.0. The summed E-state index contributed by atoms with van der Waals surface area (Å²) in [6.07, 6.45) is 5.81. The minimum atomic E-state index is -0.397. The zero-order valence-corrected chi connectivity index (χ0v) is 17.0. The molecule has 1 saturated heterocycles. The molecule has 6 heteroatoms. The number of hydrogen-bond donors (Lipinski definition) is 2. The van der Waals surface area contributed by atoms with E-state index in [1.54, 1.807) is 0 Å². The number of nitrogens with two attached hydrogens (primary N) is 1. The Hall–Kier alpha value is -0.810. The second kappa shape index (κ2) is 8.92. The van der Waals surface area contributed by atoms with Crippen LogP contribution >= 0.6 is 24.0 Å². The zero-order chi connectivity index (χ0) is 17.9. The molecule has 0 spiro atoms. The minimum Gasteiger partial charge on any atom is -0.381 e. The molecule has 2 aliphatic rings. The molecule has 1 aromatic rings. The Morgan fingerprint density at radius 1 is 1.23 bits per heavy atom. The molecule has 1 saturated carbocycles. The van der Waals surface area contributed by atoms with Gasteiger partial charge in [0, 0.05) is 35.7 Å². The van der Waals surface area contributed by atoms with Crippen molar-refractivity contribution in [1.82, 2.24) is 5.32 Å². The number of hydrogen-bond acceptors (Lipinski definition) is 3. The highest BCUT2D eigenvalue weighted by Gasteiger charge is 2.40. The Labute approximate surface area is 167 Å². The summed E-state index contributed by atoms with van der Waals surface area (Å²) >= 11 is 6.05. The van der Waals surface area contributed by atoms with Gasteiger partial charge in [-0.05, 0) is 50.3 Å². The maximum absolute atomic E-state index is 12.8. The predicted molar refractivity (Wildman–Crippen MR) is 108 cm³/mol. The Morgan fingerprint density at radius 2 is 1.88 bits per heavy atom. The maximum atomic E-state index is 12.8. The van der Waals surface area contributed by atoms with Crippen LogP contribution in [0.4, 0.5) is 0 Å². The first-order valence-electron chi connectivity index (χ1n) is 9.33. The van der Waals surface area contributed by atoms with Gasteiger partial charge in [-0.3, -0.25) is 4.79 Å². The van der Waals surface area contributed by atoms with E-state index in [2.05, 4.69) is 17.4 Å². The molecule has 2 fully saturated rings. The van der Waals surface area contributed by atoms with Crippen molar-refractivity contribution < 1.29 is 9.53 Å². The molecule has 3 N–H and O–H groups in total. The average Bonchev–Trinajstić information content (AvgIpc) is 2.61. The van der Waals surface area contributed by atoms with Crippen molar-refractivity contribution in [2.45, 2.75) is 56.4 Å². The molecule has 1 amide bonds. The van der Waals surface area contributed by atoms with Crippen LogP contribution in [0.5, 0.6) is 0 Å². The first-order valence-corrected chi connectivity index (χ1v) is 9.71. The number of amides is 1. The quantitative estimate of drug-likeness (QED) is 0.806. The van der Waals surface area contributed by atoms with E-state index in [0.717, 1.165) is 56.8 Å². The predicted octanol–water partition coefficient (Wildman–Crippen LogP) is 3.83. The van der Waals surface area contributed by atoms with Crippen molar-refractivity contribution in [3.05, 3.63) is 34.9 Å². The number of halogens is 2. The standard InChI is InChI=1S/C20H29ClN2O2.ClH/c1-19(22)9-3-2-4-17(19)18(24)23-14-20(10-12-25-13-11-20)15-5-7-16(21)8-6-15;/h5-8,17H,2-4,9-14,22H2,1H3,(H,23,24);1H. The molecular formula is C20H30Cl2N2O2. The van der Waals surface area contributed by atoms with Crippen molar-refractivity contribution in [2.75, 3.05) is 19.8 Å². The van der Waals surface area contributed by atoms with Crippen molar-refractivity contribution in [1.29, 1.82) is 0 Å². The van der Waals surface area contributed by atoms with E-state index in [1.165, 1.54) is 5.56 Å². The van der Waals surface area contributed by atoms with E-state index in [1.807, 2.05) is 19.1 Å². The van der Waals surface area contributed by atoms with Gasteiger partial charge in [-0.1, -0.05) is 36.6 Å². The van der Waals surface area contributed by atoms with Crippen LogP contribution in [0.2, 0.25) is 5.02 Å². The van der Waals surface area contributed by atoms with E-state index in [4.69, 9.17) is 22.1 Å². The van der Waals surface area contributed by atoms with Crippen molar-refractivity contribution >= 4 is 29.9 Å². The molecule has 3 rings (SSSR count). The topological polar surface area (TPSA) is 64.4 Å². The molecular weight excluding hydrogens is 371 g/mol. The smallest absolute Gasteiger partial charge is 0.224 e. The average molecular weight is 401 g/mol. The van der Waals surface area contributed by atoms with Gasteiger partial charge in [-0.25, -0.2) is 0 Å². The van der Waals surface area contributed by atoms with Crippen LogP contribution in [0.3, 0.4) is 0 Å². The van der Waals surface area contributed by atoms with Crippen molar-refractivity contribution in [3.8, 4) is 0 Å². The van der Waals surface area contributed by atoms with Crippen LogP contribution in [0.1, 0.15) is 51.0 Å². The molecule has 0 aromatic heterocycles. The van der Waals surface area contributed by atoms with E-state index in [9.17, 15) is 4.79 Å². The summed E-state index contributed by atoms with van der Waals surface area (Å²) < 4.78 is 5.57. The van der Waals surface area contributed by atoms with Crippen molar-refractivity contribution in [3.63, 3.8) is 0 Å². The molecule has 2 unspecified atom stereocenters. The van der Waals surface area contributed by atoms with Crippen LogP contribution in [0, 0.1) is 5.92 Å². The van der Waals surface area contributed by atoms with Crippen molar-refractivity contribution in [2.24, 2.45) is 11.7 Å². The summed E-state index contributed by atoms with van der Waals surface area (Å²) in [6, 6.07) is 8.00. The van der Waals surface area contributed by atoms with Gasteiger partial charge in [0.25, 0.3) is 0 Å². The van der Waals surface area contributed by atoms with Gasteiger partial charge >= 0.3 is 0 Å². The summed E-state index contributed by atoms with van der Waals surface area (Å²) in [6.45, 7) is 4.08. The maximum Gasteiger partial charge on any atom is 0.224 e. The monoisotopic (exact) mass is 400 g/mol. The fourth-order valence-corrected chi connectivity index (χ4v) is 4.43. The van der Waals surface area contributed by atoms with Gasteiger partial charge in [0.15, 0.2) is 0 Å². The first kappa shape index (κ1) is 21.5. The van der Waals surface area contributed by atoms with Gasteiger partial charge in [0.05, 0.1) is 5.92 Å². The molecule has 1 heterocycles. The lowest BCUT2D eigenvalue weighted by atomic mass is 9.72. The van der Waals surface area contributed by atoms with Crippen LogP contribution in [-0.4, -0.2) is 31.2 Å². The van der Waals surface area contributed by atoms with Gasteiger partial charge in [0.2, 0.25) is 5.91 Å². The molecule has 146 valence electrons. The molecule has 1 aromatic carbocycles. The summed E-state index contributed by atoms with van der Waals surface area (Å²) in [5.74, 6) is 0.00730. The summed E-state index contributed by atoms with van der Waals surface area (Å²) in [5, 5.41) is 3.96. The number of carbonyl (C=O) groups is 1. The third-order valence-corrected chi connectivity index (χ3v) is 6.33. The number of rotatable bonds is 4. The SMILES string of the molecule is CC1(N)CCCCC1C(=O)NCC1(c2ccc(Cl)cc2)CCOCC1.Cl. The second-order valence-electron chi connectivity index (χ2n) is 7.92. The Balaban J connectivity index is 0.00000243. The molecule has 0 radical (unpaired) electrons. The van der Waals surface area contributed by atoms with Crippen LogP contribution < -0.4 is 11.1 Å². The number of ether oxygens (including phenoxy) is 1. The molecule has 1 aliphatic carbocycles. The van der Waals surface area contributed by atoms with E-state index in [-0.39, 0.29) is 29.6 Å². The fourth-order valence-electron chi connectivity index (χ4n) is 4.30. The van der Waals surface area contributed by atoms with Gasteiger partial charge in [-0.2, -0.15) is 0 Å². The number of nitrogens with one attached hydrogen (secondary N) is 1. The third kappa shape index (κ3) is 4.72. The lowest BCUT2D eigenvalue weighted by molar-refractivity contribution is -0.128. The van der Waals surface area contributed by atoms with E-state index in [0.29, 0.717) is 6.54 Å². The molecule has 26 heavy (non-hydrogen) atoms. The van der Waals surface area contributed by atoms with Crippen LogP contribution in [-0.2, 0) is 14.9 Å². The zero-order valence-electron chi connectivity index (χ0n) is 15.4. The largest absolute Gasteiger partial charge is 0.381 e. The highest BCUT2D eigenvalue weighted by Crippen LogP contribution is 2.36. The first-order chi connectivity index (χ1) is 11.9. The van der Waals surface area contributed by atoms with Gasteiger partial charge < -0.3 is 15.8 Å².